The fraction of sp³-hybridized carbons (Fsp3) is 0.316. The molecule has 0 fully saturated rings. The lowest BCUT2D eigenvalue weighted by atomic mass is 10.2. The number of hydrogen-bond acceptors (Lipinski definition) is 2. The van der Waals surface area contributed by atoms with Crippen molar-refractivity contribution in [2.75, 3.05) is 37.4 Å². The normalized spacial score (nSPS) is 11.9. The predicted molar refractivity (Wildman–Crippen MR) is 106 cm³/mol. The maximum absolute atomic E-state index is 12.3. The van der Waals surface area contributed by atoms with Gasteiger partial charge in [0.1, 0.15) is 6.54 Å². The number of carbonyl (C=O) groups excluding carboxylic acids is 1. The van der Waals surface area contributed by atoms with Gasteiger partial charge in [-0.3, -0.25) is 4.79 Å². The number of hydrogen-bond donors (Lipinski definition) is 2. The van der Waals surface area contributed by atoms with Gasteiger partial charge in [0, 0.05) is 25.3 Å². The minimum Gasteiger partial charge on any atom is -0.378 e. The number of amides is 1. The van der Waals surface area contributed by atoms with E-state index in [1.807, 2.05) is 14.1 Å². The average Bonchev–Trinajstić information content (AvgIpc) is 2.58. The zero-order chi connectivity index (χ0) is 18.4. The Kier molecular flexibility index (Phi) is 7.12. The van der Waals surface area contributed by atoms with E-state index in [-0.39, 0.29) is 5.91 Å². The van der Waals surface area contributed by atoms with Crippen molar-refractivity contribution in [1.29, 1.82) is 0 Å². The molecule has 1 unspecified atom stereocenters. The number of quaternary nitrogens is 1. The Hall–Kier alpha value is -1.75. The summed E-state index contributed by atoms with van der Waals surface area (Å²) in [5.74, 6) is -0.0778. The fourth-order valence-electron chi connectivity index (χ4n) is 2.53. The Morgan fingerprint density at radius 1 is 1.12 bits per heavy atom. The summed E-state index contributed by atoms with van der Waals surface area (Å²) in [6.07, 6.45) is 0. The molecule has 134 valence electrons. The van der Waals surface area contributed by atoms with Crippen LogP contribution in [-0.4, -0.2) is 33.1 Å². The first kappa shape index (κ1) is 19.6. The van der Waals surface area contributed by atoms with Crippen LogP contribution in [0.3, 0.4) is 0 Å². The first-order valence-corrected chi connectivity index (χ1v) is 9.00. The van der Waals surface area contributed by atoms with Gasteiger partial charge in [0.25, 0.3) is 5.91 Å². The second kappa shape index (κ2) is 9.09. The fourth-order valence-corrected chi connectivity index (χ4v) is 2.88. The number of halogens is 2. The van der Waals surface area contributed by atoms with E-state index in [1.165, 1.54) is 10.5 Å². The molecule has 0 aliphatic carbocycles. The average molecular weight is 381 g/mol. The molecule has 4 nitrogen and oxygen atoms in total. The molecule has 0 radical (unpaired) electrons. The monoisotopic (exact) mass is 380 g/mol. The maximum atomic E-state index is 12.3. The zero-order valence-corrected chi connectivity index (χ0v) is 16.3. The van der Waals surface area contributed by atoms with Crippen LogP contribution in [0.1, 0.15) is 12.5 Å². The van der Waals surface area contributed by atoms with Crippen LogP contribution in [0.15, 0.2) is 42.5 Å². The predicted octanol–water partition coefficient (Wildman–Crippen LogP) is 3.10. The third-order valence-electron chi connectivity index (χ3n) is 4.04. The molecule has 25 heavy (non-hydrogen) atoms. The largest absolute Gasteiger partial charge is 0.378 e. The van der Waals surface area contributed by atoms with Crippen LogP contribution in [0.5, 0.6) is 0 Å². The molecule has 2 aromatic carbocycles. The first-order valence-electron chi connectivity index (χ1n) is 8.24. The van der Waals surface area contributed by atoms with Crippen molar-refractivity contribution in [3.8, 4) is 0 Å². The molecule has 2 rings (SSSR count). The minimum absolute atomic E-state index is 0.0778. The zero-order valence-electron chi connectivity index (χ0n) is 14.8. The van der Waals surface area contributed by atoms with Crippen molar-refractivity contribution in [3.63, 3.8) is 0 Å². The highest BCUT2D eigenvalue weighted by Gasteiger charge is 2.15. The van der Waals surface area contributed by atoms with Crippen molar-refractivity contribution in [3.05, 3.63) is 58.1 Å². The molecule has 0 bridgehead atoms. The summed E-state index contributed by atoms with van der Waals surface area (Å²) in [6, 6.07) is 13.6. The van der Waals surface area contributed by atoms with E-state index in [1.54, 1.807) is 18.2 Å². The van der Waals surface area contributed by atoms with Gasteiger partial charge >= 0.3 is 0 Å². The molecular formula is C19H24Cl2N3O+. The van der Waals surface area contributed by atoms with E-state index >= 15 is 0 Å². The van der Waals surface area contributed by atoms with E-state index in [9.17, 15) is 4.79 Å². The third kappa shape index (κ3) is 5.63. The number of anilines is 2. The molecule has 0 aliphatic heterocycles. The van der Waals surface area contributed by atoms with E-state index < -0.39 is 0 Å². The van der Waals surface area contributed by atoms with E-state index in [2.05, 4.69) is 41.4 Å². The van der Waals surface area contributed by atoms with E-state index in [0.717, 1.165) is 18.8 Å². The molecule has 6 heteroatoms. The number of nitrogens with one attached hydrogen (secondary N) is 2. The van der Waals surface area contributed by atoms with E-state index in [0.29, 0.717) is 22.3 Å². The topological polar surface area (TPSA) is 36.8 Å². The van der Waals surface area contributed by atoms with Crippen LogP contribution in [0.2, 0.25) is 10.0 Å². The third-order valence-corrected chi connectivity index (χ3v) is 4.86. The van der Waals surface area contributed by atoms with Gasteiger partial charge in [0.15, 0.2) is 6.54 Å². The summed E-state index contributed by atoms with van der Waals surface area (Å²) < 4.78 is 0. The van der Waals surface area contributed by atoms with Crippen molar-refractivity contribution >= 4 is 40.5 Å². The van der Waals surface area contributed by atoms with Gasteiger partial charge in [-0.2, -0.15) is 0 Å². The lowest BCUT2D eigenvalue weighted by Gasteiger charge is -2.18. The molecule has 2 N–H and O–H groups in total. The van der Waals surface area contributed by atoms with Gasteiger partial charge in [-0.25, -0.2) is 0 Å². The Morgan fingerprint density at radius 2 is 1.80 bits per heavy atom. The highest BCUT2D eigenvalue weighted by atomic mass is 35.5. The molecule has 0 aromatic heterocycles. The van der Waals surface area contributed by atoms with Crippen molar-refractivity contribution in [2.45, 2.75) is 13.5 Å². The lowest BCUT2D eigenvalue weighted by Crippen LogP contribution is -3.11. The van der Waals surface area contributed by atoms with Gasteiger partial charge in [-0.05, 0) is 31.2 Å². The smallest absolute Gasteiger partial charge is 0.279 e. The first-order chi connectivity index (χ1) is 11.9. The lowest BCUT2D eigenvalue weighted by molar-refractivity contribution is -0.903. The summed E-state index contributed by atoms with van der Waals surface area (Å²) in [6.45, 7) is 4.09. The van der Waals surface area contributed by atoms with Crippen molar-refractivity contribution in [2.24, 2.45) is 0 Å². The minimum atomic E-state index is -0.0778. The van der Waals surface area contributed by atoms with Gasteiger partial charge in [0.05, 0.1) is 22.3 Å². The van der Waals surface area contributed by atoms with Gasteiger partial charge in [0.2, 0.25) is 0 Å². The van der Waals surface area contributed by atoms with Crippen molar-refractivity contribution in [1.82, 2.24) is 0 Å². The molecule has 1 atom stereocenters. The van der Waals surface area contributed by atoms with Crippen LogP contribution in [0.25, 0.3) is 0 Å². The summed E-state index contributed by atoms with van der Waals surface area (Å²) in [5, 5.41) is 3.64. The van der Waals surface area contributed by atoms with E-state index in [4.69, 9.17) is 23.2 Å². The van der Waals surface area contributed by atoms with Crippen LogP contribution in [0, 0.1) is 0 Å². The molecule has 0 aliphatic rings. The second-order valence-electron chi connectivity index (χ2n) is 6.17. The molecule has 0 saturated carbocycles. The second-order valence-corrected chi connectivity index (χ2v) is 6.95. The molecule has 0 saturated heterocycles. The van der Waals surface area contributed by atoms with Gasteiger partial charge in [-0.15, -0.1) is 0 Å². The number of rotatable bonds is 7. The quantitative estimate of drug-likeness (QED) is 0.774. The number of carbonyl (C=O) groups is 1. The standard InChI is InChI=1S/C19H23Cl2N3O/c1-4-24(12-14-8-10-15(11-9-14)23(2)3)13-18(25)22-17-7-5-6-16(20)19(17)21/h5-11H,4,12-13H2,1-3H3,(H,22,25)/p+1. The van der Waals surface area contributed by atoms with Gasteiger partial charge in [-0.1, -0.05) is 41.4 Å². The number of benzene rings is 2. The number of likely N-dealkylation sites (N-methyl/N-ethyl adjacent to an activating group) is 1. The van der Waals surface area contributed by atoms with Crippen molar-refractivity contribution < 1.29 is 9.69 Å². The summed E-state index contributed by atoms with van der Waals surface area (Å²) in [4.78, 5) is 15.6. The Labute approximate surface area is 159 Å². The Balaban J connectivity index is 1.96. The molecular weight excluding hydrogens is 357 g/mol. The van der Waals surface area contributed by atoms with Crippen LogP contribution >= 0.6 is 23.2 Å². The summed E-state index contributed by atoms with van der Waals surface area (Å²) >= 11 is 12.1. The highest BCUT2D eigenvalue weighted by molar-refractivity contribution is 6.43. The summed E-state index contributed by atoms with van der Waals surface area (Å²) in [5.41, 5.74) is 2.91. The molecule has 0 heterocycles. The Morgan fingerprint density at radius 3 is 2.40 bits per heavy atom. The Bertz CT molecular complexity index is 717. The van der Waals surface area contributed by atoms with Crippen LogP contribution in [0.4, 0.5) is 11.4 Å². The summed E-state index contributed by atoms with van der Waals surface area (Å²) in [7, 11) is 4.04. The highest BCUT2D eigenvalue weighted by Crippen LogP contribution is 2.29. The molecule has 2 aromatic rings. The van der Waals surface area contributed by atoms with Crippen LogP contribution in [-0.2, 0) is 11.3 Å². The van der Waals surface area contributed by atoms with Crippen LogP contribution < -0.4 is 15.1 Å². The molecule has 0 spiro atoms. The number of nitrogens with zero attached hydrogens (tertiary/aromatic N) is 1. The SMILES string of the molecule is CC[NH+](CC(=O)Nc1cccc(Cl)c1Cl)Cc1ccc(N(C)C)cc1. The van der Waals surface area contributed by atoms with Gasteiger partial charge < -0.3 is 15.1 Å². The molecule has 1 amide bonds. The maximum Gasteiger partial charge on any atom is 0.279 e.